The Labute approximate surface area is 212 Å². The van der Waals surface area contributed by atoms with Gasteiger partial charge in [-0.1, -0.05) is 6.07 Å². The van der Waals surface area contributed by atoms with Gasteiger partial charge in [0.2, 0.25) is 0 Å². The van der Waals surface area contributed by atoms with Crippen molar-refractivity contribution < 1.29 is 24.5 Å². The van der Waals surface area contributed by atoms with Crippen molar-refractivity contribution in [2.75, 3.05) is 38.3 Å². The highest BCUT2D eigenvalue weighted by molar-refractivity contribution is 5.91. The molecule has 2 heterocycles. The SMILES string of the molecule is CCOc1cc(CN2CCC3(CC2)CN(c2ccc(C(=O)O)c(OC)c2)C(O)N3)c(C2CC2)cc1C. The van der Waals surface area contributed by atoms with Crippen LogP contribution in [0.1, 0.15) is 65.6 Å². The zero-order valence-corrected chi connectivity index (χ0v) is 21.4. The predicted molar refractivity (Wildman–Crippen MR) is 138 cm³/mol. The Morgan fingerprint density at radius 2 is 1.92 bits per heavy atom. The molecule has 1 spiro atoms. The van der Waals surface area contributed by atoms with Crippen molar-refractivity contribution in [2.24, 2.45) is 0 Å². The summed E-state index contributed by atoms with van der Waals surface area (Å²) in [5.74, 6) is 0.939. The fraction of sp³-hybridized carbons (Fsp3) is 0.536. The van der Waals surface area contributed by atoms with E-state index >= 15 is 0 Å². The van der Waals surface area contributed by atoms with Gasteiger partial charge in [-0.05, 0) is 80.3 Å². The first-order chi connectivity index (χ1) is 17.3. The van der Waals surface area contributed by atoms with Crippen LogP contribution in [-0.4, -0.2) is 66.3 Å². The van der Waals surface area contributed by atoms with Crippen molar-refractivity contribution in [2.45, 2.75) is 63.9 Å². The molecule has 0 aromatic heterocycles. The summed E-state index contributed by atoms with van der Waals surface area (Å²) in [6, 6.07) is 9.55. The molecule has 1 unspecified atom stereocenters. The van der Waals surface area contributed by atoms with Crippen LogP contribution in [0.25, 0.3) is 0 Å². The summed E-state index contributed by atoms with van der Waals surface area (Å²) in [5.41, 5.74) is 4.76. The van der Waals surface area contributed by atoms with Crippen molar-refractivity contribution in [3.05, 3.63) is 52.6 Å². The normalized spacial score (nSPS) is 21.7. The second-order valence-corrected chi connectivity index (χ2v) is 10.4. The number of carboxylic acids is 1. The second-order valence-electron chi connectivity index (χ2n) is 10.4. The highest BCUT2D eigenvalue weighted by Gasteiger charge is 2.45. The smallest absolute Gasteiger partial charge is 0.339 e. The summed E-state index contributed by atoms with van der Waals surface area (Å²) in [6.45, 7) is 8.30. The van der Waals surface area contributed by atoms with E-state index in [0.717, 1.165) is 43.9 Å². The molecule has 3 N–H and O–H groups in total. The van der Waals surface area contributed by atoms with Gasteiger partial charge in [0.05, 0.1) is 13.7 Å². The number of carbonyl (C=O) groups is 1. The Kier molecular flexibility index (Phi) is 6.85. The van der Waals surface area contributed by atoms with Crippen LogP contribution < -0.4 is 19.7 Å². The van der Waals surface area contributed by atoms with E-state index < -0.39 is 12.3 Å². The van der Waals surface area contributed by atoms with Crippen molar-refractivity contribution in [3.8, 4) is 11.5 Å². The minimum Gasteiger partial charge on any atom is -0.496 e. The van der Waals surface area contributed by atoms with E-state index in [1.165, 1.54) is 42.7 Å². The van der Waals surface area contributed by atoms with Gasteiger partial charge >= 0.3 is 5.97 Å². The summed E-state index contributed by atoms with van der Waals surface area (Å²) in [7, 11) is 1.46. The van der Waals surface area contributed by atoms with E-state index in [9.17, 15) is 15.0 Å². The van der Waals surface area contributed by atoms with Crippen LogP contribution in [0.5, 0.6) is 11.5 Å². The number of benzene rings is 2. The average molecular weight is 496 g/mol. The van der Waals surface area contributed by atoms with Gasteiger partial charge in [-0.3, -0.25) is 10.2 Å². The molecule has 8 nitrogen and oxygen atoms in total. The molecule has 2 aliphatic heterocycles. The largest absolute Gasteiger partial charge is 0.496 e. The number of aliphatic hydroxyl groups is 1. The average Bonchev–Trinajstić information content (AvgIpc) is 3.66. The monoisotopic (exact) mass is 495 g/mol. The Morgan fingerprint density at radius 1 is 1.17 bits per heavy atom. The lowest BCUT2D eigenvalue weighted by Crippen LogP contribution is -2.53. The van der Waals surface area contributed by atoms with Crippen LogP contribution in [0.15, 0.2) is 30.3 Å². The number of likely N-dealkylation sites (tertiary alicyclic amines) is 1. The van der Waals surface area contributed by atoms with Crippen LogP contribution >= 0.6 is 0 Å². The lowest BCUT2D eigenvalue weighted by Gasteiger charge is -2.39. The third-order valence-corrected chi connectivity index (χ3v) is 7.91. The van der Waals surface area contributed by atoms with E-state index in [2.05, 4.69) is 29.3 Å². The Bertz CT molecular complexity index is 1120. The van der Waals surface area contributed by atoms with Gasteiger partial charge in [-0.25, -0.2) is 4.79 Å². The highest BCUT2D eigenvalue weighted by atomic mass is 16.5. The Hall–Kier alpha value is -2.81. The summed E-state index contributed by atoms with van der Waals surface area (Å²) >= 11 is 0. The number of aromatic carboxylic acids is 1. The second kappa shape index (κ2) is 9.92. The molecule has 1 atom stereocenters. The van der Waals surface area contributed by atoms with E-state index in [0.29, 0.717) is 24.8 Å². The third kappa shape index (κ3) is 4.90. The number of carboxylic acid groups (broad SMARTS) is 1. The van der Waals surface area contributed by atoms with Gasteiger partial charge in [0.15, 0.2) is 6.35 Å². The topological polar surface area (TPSA) is 94.5 Å². The minimum absolute atomic E-state index is 0.111. The molecule has 36 heavy (non-hydrogen) atoms. The van der Waals surface area contributed by atoms with Gasteiger partial charge < -0.3 is 24.6 Å². The predicted octanol–water partition coefficient (Wildman–Crippen LogP) is 3.70. The molecule has 1 aliphatic carbocycles. The summed E-state index contributed by atoms with van der Waals surface area (Å²) < 4.78 is 11.2. The van der Waals surface area contributed by atoms with Gasteiger partial charge in [0, 0.05) is 43.5 Å². The fourth-order valence-electron chi connectivity index (χ4n) is 5.74. The van der Waals surface area contributed by atoms with Gasteiger partial charge in [0.25, 0.3) is 0 Å². The number of nitrogens with zero attached hydrogens (tertiary/aromatic N) is 2. The number of aliphatic hydroxyl groups excluding tert-OH is 1. The number of hydrogen-bond acceptors (Lipinski definition) is 7. The van der Waals surface area contributed by atoms with E-state index in [4.69, 9.17) is 9.47 Å². The number of piperidine rings is 1. The molecule has 8 heteroatoms. The van der Waals surface area contributed by atoms with E-state index in [1.54, 1.807) is 12.1 Å². The van der Waals surface area contributed by atoms with Crippen LogP contribution in [0.2, 0.25) is 0 Å². The molecule has 0 amide bonds. The standard InChI is InChI=1S/C28H37N3O5/c1-4-36-24-14-20(23(13-18(24)2)19-5-6-19)16-30-11-9-28(10-12-30)17-31(27(34)29-28)21-7-8-22(26(32)33)25(15-21)35-3/h7-8,13-15,19,27,29,34H,4-6,9-12,16-17H2,1-3H3,(H,32,33). The highest BCUT2D eigenvalue weighted by Crippen LogP contribution is 2.44. The Balaban J connectivity index is 1.26. The summed E-state index contributed by atoms with van der Waals surface area (Å²) in [4.78, 5) is 15.8. The summed E-state index contributed by atoms with van der Waals surface area (Å²) in [6.07, 6.45) is 3.57. The molecular formula is C28H37N3O5. The molecule has 2 aromatic rings. The molecule has 194 valence electrons. The third-order valence-electron chi connectivity index (χ3n) is 7.91. The van der Waals surface area contributed by atoms with Crippen LogP contribution in [0.3, 0.4) is 0 Å². The first-order valence-electron chi connectivity index (χ1n) is 12.9. The van der Waals surface area contributed by atoms with Crippen molar-refractivity contribution >= 4 is 11.7 Å². The fourth-order valence-corrected chi connectivity index (χ4v) is 5.74. The molecule has 2 saturated heterocycles. The van der Waals surface area contributed by atoms with Crippen molar-refractivity contribution in [1.82, 2.24) is 10.2 Å². The number of ether oxygens (including phenoxy) is 2. The van der Waals surface area contributed by atoms with E-state index in [-0.39, 0.29) is 11.1 Å². The Morgan fingerprint density at radius 3 is 2.56 bits per heavy atom. The zero-order valence-electron chi connectivity index (χ0n) is 21.4. The number of hydrogen-bond donors (Lipinski definition) is 3. The van der Waals surface area contributed by atoms with Crippen molar-refractivity contribution in [1.29, 1.82) is 0 Å². The van der Waals surface area contributed by atoms with Gasteiger partial charge in [-0.2, -0.15) is 0 Å². The summed E-state index contributed by atoms with van der Waals surface area (Å²) in [5, 5.41) is 23.6. The molecule has 0 radical (unpaired) electrons. The van der Waals surface area contributed by atoms with Crippen LogP contribution in [0, 0.1) is 6.92 Å². The molecule has 5 rings (SSSR count). The molecule has 0 bridgehead atoms. The van der Waals surface area contributed by atoms with Crippen LogP contribution in [0.4, 0.5) is 5.69 Å². The number of anilines is 1. The molecule has 3 fully saturated rings. The number of rotatable bonds is 8. The number of methoxy groups -OCH3 is 1. The molecular weight excluding hydrogens is 458 g/mol. The van der Waals surface area contributed by atoms with Crippen molar-refractivity contribution in [3.63, 3.8) is 0 Å². The lowest BCUT2D eigenvalue weighted by molar-refractivity contribution is 0.0693. The number of nitrogens with one attached hydrogen (secondary N) is 1. The maximum Gasteiger partial charge on any atom is 0.339 e. The zero-order chi connectivity index (χ0) is 25.4. The first-order valence-corrected chi connectivity index (χ1v) is 12.9. The van der Waals surface area contributed by atoms with Crippen LogP contribution in [-0.2, 0) is 6.54 Å². The lowest BCUT2D eigenvalue weighted by atomic mass is 9.87. The minimum atomic E-state index is -1.03. The maximum absolute atomic E-state index is 11.4. The van der Waals surface area contributed by atoms with Gasteiger partial charge in [-0.15, -0.1) is 0 Å². The van der Waals surface area contributed by atoms with Gasteiger partial charge in [0.1, 0.15) is 17.1 Å². The number of aryl methyl sites for hydroxylation is 1. The molecule has 1 saturated carbocycles. The quantitative estimate of drug-likeness (QED) is 0.511. The molecule has 2 aromatic carbocycles. The van der Waals surface area contributed by atoms with E-state index in [1.807, 2.05) is 11.8 Å². The maximum atomic E-state index is 11.4. The molecule has 3 aliphatic rings. The first kappa shape index (κ1) is 24.9.